The molecule has 0 aliphatic heterocycles. The van der Waals surface area contributed by atoms with Crippen molar-refractivity contribution in [3.63, 3.8) is 0 Å². The van der Waals surface area contributed by atoms with Crippen molar-refractivity contribution in [1.82, 2.24) is 0 Å². The van der Waals surface area contributed by atoms with E-state index in [4.69, 9.17) is 9.84 Å². The number of hydrogen-bond donors (Lipinski definition) is 2. The van der Waals surface area contributed by atoms with Crippen LogP contribution >= 0.6 is 0 Å². The molecule has 0 spiro atoms. The first-order chi connectivity index (χ1) is 6.00. The third-order valence-corrected chi connectivity index (χ3v) is 2.97. The minimum absolute atomic E-state index is 0.381. The minimum Gasteiger partial charge on any atom is -0.481 e. The molecule has 2 N–H and O–H groups in total. The molecular formula is C9H16O4. The maximum Gasteiger partial charge on any atom is 0.312 e. The average molecular weight is 188 g/mol. The van der Waals surface area contributed by atoms with Gasteiger partial charge in [-0.05, 0) is 19.8 Å². The second-order valence-electron chi connectivity index (χ2n) is 3.88. The number of aliphatic hydroxyl groups is 1. The number of ether oxygens (including phenoxy) is 1. The predicted molar refractivity (Wildman–Crippen MR) is 46.4 cm³/mol. The summed E-state index contributed by atoms with van der Waals surface area (Å²) in [6.45, 7) is 1.68. The molecule has 0 aromatic heterocycles. The molecule has 0 heterocycles. The van der Waals surface area contributed by atoms with E-state index < -0.39 is 17.5 Å². The number of carboxylic acids is 1. The van der Waals surface area contributed by atoms with Crippen LogP contribution in [-0.4, -0.2) is 35.5 Å². The van der Waals surface area contributed by atoms with Crippen LogP contribution in [0.15, 0.2) is 0 Å². The monoisotopic (exact) mass is 188 g/mol. The first-order valence-corrected chi connectivity index (χ1v) is 4.45. The summed E-state index contributed by atoms with van der Waals surface area (Å²) in [5.74, 6) is -0.841. The fourth-order valence-corrected chi connectivity index (χ4v) is 1.85. The Morgan fingerprint density at radius 2 is 2.23 bits per heavy atom. The van der Waals surface area contributed by atoms with Crippen LogP contribution in [0.2, 0.25) is 0 Å². The lowest BCUT2D eigenvalue weighted by molar-refractivity contribution is -0.164. The lowest BCUT2D eigenvalue weighted by atomic mass is 9.72. The Bertz CT molecular complexity index is 204. The fourth-order valence-electron chi connectivity index (χ4n) is 1.85. The number of carbonyl (C=O) groups is 1. The second kappa shape index (κ2) is 3.64. The van der Waals surface area contributed by atoms with Crippen LogP contribution in [0, 0.1) is 5.41 Å². The molecule has 0 radical (unpaired) electrons. The second-order valence-corrected chi connectivity index (χ2v) is 3.88. The molecule has 1 rings (SSSR count). The Balaban J connectivity index is 2.78. The van der Waals surface area contributed by atoms with Gasteiger partial charge in [0.1, 0.15) is 0 Å². The largest absolute Gasteiger partial charge is 0.481 e. The molecule has 1 aliphatic carbocycles. The molecule has 76 valence electrons. The molecule has 0 bridgehead atoms. The quantitative estimate of drug-likeness (QED) is 0.667. The first-order valence-electron chi connectivity index (χ1n) is 4.45. The molecule has 1 saturated carbocycles. The minimum atomic E-state index is -0.841. The highest BCUT2D eigenvalue weighted by molar-refractivity contribution is 5.75. The van der Waals surface area contributed by atoms with Crippen molar-refractivity contribution in [2.24, 2.45) is 5.41 Å². The van der Waals surface area contributed by atoms with E-state index in [0.717, 1.165) is 0 Å². The topological polar surface area (TPSA) is 66.8 Å². The summed E-state index contributed by atoms with van der Waals surface area (Å²) in [4.78, 5) is 11.0. The lowest BCUT2D eigenvalue weighted by Crippen LogP contribution is -2.46. The van der Waals surface area contributed by atoms with E-state index in [9.17, 15) is 9.90 Å². The Morgan fingerprint density at radius 1 is 1.62 bits per heavy atom. The van der Waals surface area contributed by atoms with Crippen LogP contribution < -0.4 is 0 Å². The van der Waals surface area contributed by atoms with Crippen LogP contribution in [0.4, 0.5) is 0 Å². The molecule has 4 heteroatoms. The van der Waals surface area contributed by atoms with Gasteiger partial charge in [-0.1, -0.05) is 0 Å². The summed E-state index contributed by atoms with van der Waals surface area (Å²) in [6, 6.07) is 0. The van der Waals surface area contributed by atoms with Crippen molar-refractivity contribution in [2.75, 3.05) is 7.11 Å². The van der Waals surface area contributed by atoms with E-state index in [2.05, 4.69) is 0 Å². The van der Waals surface area contributed by atoms with Crippen molar-refractivity contribution in [3.05, 3.63) is 0 Å². The average Bonchev–Trinajstić information content (AvgIpc) is 2.09. The van der Waals surface area contributed by atoms with Gasteiger partial charge in [-0.15, -0.1) is 0 Å². The van der Waals surface area contributed by atoms with Crippen molar-refractivity contribution >= 4 is 5.97 Å². The number of aliphatic hydroxyl groups excluding tert-OH is 1. The molecule has 1 fully saturated rings. The van der Waals surface area contributed by atoms with Crippen molar-refractivity contribution in [3.8, 4) is 0 Å². The Labute approximate surface area is 77.5 Å². The highest BCUT2D eigenvalue weighted by Crippen LogP contribution is 2.38. The summed E-state index contributed by atoms with van der Waals surface area (Å²) in [5, 5.41) is 18.4. The molecule has 0 amide bonds. The number of aliphatic carboxylic acids is 1. The van der Waals surface area contributed by atoms with Gasteiger partial charge in [0.2, 0.25) is 0 Å². The van der Waals surface area contributed by atoms with E-state index in [1.165, 1.54) is 7.11 Å². The Hall–Kier alpha value is -0.610. The molecule has 3 atom stereocenters. The summed E-state index contributed by atoms with van der Waals surface area (Å²) in [6.07, 6.45) is 0.635. The Morgan fingerprint density at radius 3 is 2.69 bits per heavy atom. The summed E-state index contributed by atoms with van der Waals surface area (Å²) < 4.78 is 5.10. The van der Waals surface area contributed by atoms with Crippen LogP contribution in [0.25, 0.3) is 0 Å². The summed E-state index contributed by atoms with van der Waals surface area (Å²) >= 11 is 0. The first kappa shape index (κ1) is 10.5. The Kier molecular flexibility index (Phi) is 2.93. The molecule has 4 nitrogen and oxygen atoms in total. The number of methoxy groups -OCH3 is 1. The van der Waals surface area contributed by atoms with Gasteiger partial charge in [-0.2, -0.15) is 0 Å². The molecular weight excluding hydrogens is 172 g/mol. The third-order valence-electron chi connectivity index (χ3n) is 2.97. The van der Waals surface area contributed by atoms with Gasteiger partial charge in [-0.3, -0.25) is 4.79 Å². The van der Waals surface area contributed by atoms with Crippen molar-refractivity contribution in [1.29, 1.82) is 0 Å². The predicted octanol–water partition coefficient (Wildman–Crippen LogP) is 0.637. The molecule has 13 heavy (non-hydrogen) atoms. The smallest absolute Gasteiger partial charge is 0.312 e. The lowest BCUT2D eigenvalue weighted by Gasteiger charge is -2.38. The van der Waals surface area contributed by atoms with E-state index in [1.54, 1.807) is 6.92 Å². The molecule has 0 saturated heterocycles. The van der Waals surface area contributed by atoms with Gasteiger partial charge in [0.15, 0.2) is 0 Å². The zero-order valence-electron chi connectivity index (χ0n) is 7.99. The zero-order chi connectivity index (χ0) is 10.1. The normalized spacial score (nSPS) is 40.2. The van der Waals surface area contributed by atoms with Gasteiger partial charge in [0, 0.05) is 13.5 Å². The van der Waals surface area contributed by atoms with Gasteiger partial charge in [0.25, 0.3) is 0 Å². The zero-order valence-corrected chi connectivity index (χ0v) is 7.99. The van der Waals surface area contributed by atoms with E-state index in [-0.39, 0.29) is 6.10 Å². The van der Waals surface area contributed by atoms with Gasteiger partial charge >= 0.3 is 5.97 Å². The van der Waals surface area contributed by atoms with E-state index in [1.807, 2.05) is 0 Å². The van der Waals surface area contributed by atoms with Gasteiger partial charge < -0.3 is 14.9 Å². The maximum absolute atomic E-state index is 11.0. The van der Waals surface area contributed by atoms with Crippen LogP contribution in [0.1, 0.15) is 26.2 Å². The maximum atomic E-state index is 11.0. The SMILES string of the molecule is CO[C@@H]1C[C@@H](O)CC[C@@]1(C)C(=O)O. The highest BCUT2D eigenvalue weighted by atomic mass is 16.5. The van der Waals surface area contributed by atoms with Crippen LogP contribution in [-0.2, 0) is 9.53 Å². The van der Waals surface area contributed by atoms with Crippen molar-refractivity contribution < 1.29 is 19.7 Å². The molecule has 0 aromatic rings. The summed E-state index contributed by atoms with van der Waals surface area (Å²) in [5.41, 5.74) is -0.839. The number of rotatable bonds is 2. The highest BCUT2D eigenvalue weighted by Gasteiger charge is 2.45. The third kappa shape index (κ3) is 1.84. The standard InChI is InChI=1S/C9H16O4/c1-9(8(11)12)4-3-6(10)5-7(9)13-2/h6-7,10H,3-5H2,1-2H3,(H,11,12)/t6-,7+,9+/m0/s1. The number of hydrogen-bond acceptors (Lipinski definition) is 3. The summed E-state index contributed by atoms with van der Waals surface area (Å²) in [7, 11) is 1.49. The number of carboxylic acid groups (broad SMARTS) is 1. The molecule has 0 unspecified atom stereocenters. The molecule has 1 aliphatic rings. The van der Waals surface area contributed by atoms with E-state index >= 15 is 0 Å². The van der Waals surface area contributed by atoms with Crippen molar-refractivity contribution in [2.45, 2.75) is 38.4 Å². The fraction of sp³-hybridized carbons (Fsp3) is 0.889. The van der Waals surface area contributed by atoms with Crippen LogP contribution in [0.3, 0.4) is 0 Å². The van der Waals surface area contributed by atoms with E-state index in [0.29, 0.717) is 19.3 Å². The van der Waals surface area contributed by atoms with Gasteiger partial charge in [0.05, 0.1) is 17.6 Å². The van der Waals surface area contributed by atoms with Crippen LogP contribution in [0.5, 0.6) is 0 Å². The molecule has 0 aromatic carbocycles. The van der Waals surface area contributed by atoms with Gasteiger partial charge in [-0.25, -0.2) is 0 Å².